The molecular formula is C17H27N5O2. The maximum Gasteiger partial charge on any atom is 0.329 e. The summed E-state index contributed by atoms with van der Waals surface area (Å²) in [5, 5.41) is 0. The summed E-state index contributed by atoms with van der Waals surface area (Å²) in [6.45, 7) is 9.20. The molecule has 0 radical (unpaired) electrons. The monoisotopic (exact) mass is 333 g/mol. The lowest BCUT2D eigenvalue weighted by Crippen LogP contribution is -2.36. The van der Waals surface area contributed by atoms with Crippen LogP contribution < -0.4 is 16.1 Å². The van der Waals surface area contributed by atoms with Crippen molar-refractivity contribution < 1.29 is 0 Å². The number of nitrogens with one attached hydrogen (secondary N) is 1. The predicted octanol–water partition coefficient (Wildman–Crippen LogP) is 1.71. The van der Waals surface area contributed by atoms with Crippen molar-refractivity contribution in [2.45, 2.75) is 46.6 Å². The molecular weight excluding hydrogens is 306 g/mol. The molecule has 0 spiro atoms. The molecule has 0 saturated carbocycles. The Balaban J connectivity index is 2.17. The molecule has 7 nitrogen and oxygen atoms in total. The van der Waals surface area contributed by atoms with Gasteiger partial charge in [0.15, 0.2) is 11.2 Å². The molecule has 1 aliphatic heterocycles. The second kappa shape index (κ2) is 6.45. The molecule has 1 saturated heterocycles. The summed E-state index contributed by atoms with van der Waals surface area (Å²) in [6, 6.07) is 0. The van der Waals surface area contributed by atoms with Crippen LogP contribution in [0, 0.1) is 11.8 Å². The van der Waals surface area contributed by atoms with Crippen molar-refractivity contribution in [2.24, 2.45) is 18.9 Å². The molecule has 1 fully saturated rings. The number of piperidine rings is 1. The van der Waals surface area contributed by atoms with Crippen LogP contribution in [-0.4, -0.2) is 32.2 Å². The third kappa shape index (κ3) is 2.99. The summed E-state index contributed by atoms with van der Waals surface area (Å²) in [4.78, 5) is 33.7. The minimum absolute atomic E-state index is 0.347. The third-order valence-electron chi connectivity index (χ3n) is 4.86. The van der Waals surface area contributed by atoms with Crippen molar-refractivity contribution in [3.05, 3.63) is 20.8 Å². The van der Waals surface area contributed by atoms with E-state index in [1.165, 1.54) is 11.0 Å². The third-order valence-corrected chi connectivity index (χ3v) is 4.86. The molecule has 132 valence electrons. The maximum atomic E-state index is 12.4. The number of imidazole rings is 1. The van der Waals surface area contributed by atoms with Crippen molar-refractivity contribution in [3.8, 4) is 0 Å². The van der Waals surface area contributed by atoms with Gasteiger partial charge in [-0.1, -0.05) is 20.8 Å². The fraction of sp³-hybridized carbons (Fsp3) is 0.706. The highest BCUT2D eigenvalue weighted by atomic mass is 16.2. The summed E-state index contributed by atoms with van der Waals surface area (Å²) in [5.74, 6) is 1.96. The quantitative estimate of drug-likeness (QED) is 0.924. The Morgan fingerprint density at radius 2 is 2.08 bits per heavy atom. The van der Waals surface area contributed by atoms with Crippen molar-refractivity contribution in [2.75, 3.05) is 18.0 Å². The second-order valence-corrected chi connectivity index (χ2v) is 7.43. The molecule has 24 heavy (non-hydrogen) atoms. The Morgan fingerprint density at radius 1 is 1.33 bits per heavy atom. The largest absolute Gasteiger partial charge is 0.342 e. The van der Waals surface area contributed by atoms with Gasteiger partial charge in [-0.3, -0.25) is 14.3 Å². The fourth-order valence-corrected chi connectivity index (χ4v) is 3.43. The summed E-state index contributed by atoms with van der Waals surface area (Å²) in [6.07, 6.45) is 3.32. The fourth-order valence-electron chi connectivity index (χ4n) is 3.43. The van der Waals surface area contributed by atoms with Crippen molar-refractivity contribution in [1.82, 2.24) is 19.1 Å². The highest BCUT2D eigenvalue weighted by Gasteiger charge is 2.24. The zero-order chi connectivity index (χ0) is 17.4. The number of aromatic nitrogens is 4. The first kappa shape index (κ1) is 16.8. The minimum Gasteiger partial charge on any atom is -0.342 e. The number of anilines is 1. The Labute approximate surface area is 141 Å². The van der Waals surface area contributed by atoms with Crippen molar-refractivity contribution in [1.29, 1.82) is 0 Å². The van der Waals surface area contributed by atoms with E-state index in [0.717, 1.165) is 38.4 Å². The SMILES string of the molecule is CC(C)CCn1c(N2CCCC(C)C2)nc2c1c(=O)[nH]c(=O)n2C. The first-order chi connectivity index (χ1) is 11.4. The van der Waals surface area contributed by atoms with E-state index >= 15 is 0 Å². The van der Waals surface area contributed by atoms with Crippen molar-refractivity contribution in [3.63, 3.8) is 0 Å². The molecule has 3 heterocycles. The van der Waals surface area contributed by atoms with Gasteiger partial charge in [-0.25, -0.2) is 4.79 Å². The average Bonchev–Trinajstić information content (AvgIpc) is 2.91. The topological polar surface area (TPSA) is 75.9 Å². The summed E-state index contributed by atoms with van der Waals surface area (Å²) < 4.78 is 3.44. The van der Waals surface area contributed by atoms with Crippen molar-refractivity contribution >= 4 is 17.1 Å². The zero-order valence-electron chi connectivity index (χ0n) is 15.0. The van der Waals surface area contributed by atoms with Gasteiger partial charge in [0.2, 0.25) is 5.95 Å². The Morgan fingerprint density at radius 3 is 2.75 bits per heavy atom. The van der Waals surface area contributed by atoms with Crippen LogP contribution in [0.1, 0.15) is 40.0 Å². The Kier molecular flexibility index (Phi) is 4.51. The highest BCUT2D eigenvalue weighted by molar-refractivity contribution is 5.74. The van der Waals surface area contributed by atoms with Gasteiger partial charge in [0.1, 0.15) is 0 Å². The Bertz CT molecular complexity index is 845. The van der Waals surface area contributed by atoms with Gasteiger partial charge in [0, 0.05) is 26.7 Å². The van der Waals surface area contributed by atoms with E-state index in [-0.39, 0.29) is 5.56 Å². The highest BCUT2D eigenvalue weighted by Crippen LogP contribution is 2.25. The van der Waals surface area contributed by atoms with Gasteiger partial charge >= 0.3 is 5.69 Å². The van der Waals surface area contributed by atoms with Crippen LogP contribution in [0.2, 0.25) is 0 Å². The molecule has 0 aliphatic carbocycles. The number of H-pyrrole nitrogens is 1. The average molecular weight is 333 g/mol. The molecule has 2 aromatic rings. The van der Waals surface area contributed by atoms with E-state index < -0.39 is 5.69 Å². The number of rotatable bonds is 4. The summed E-state index contributed by atoms with van der Waals surface area (Å²) in [5.41, 5.74) is 0.215. The van der Waals surface area contributed by atoms with E-state index in [4.69, 9.17) is 4.98 Å². The van der Waals surface area contributed by atoms with Crippen LogP contribution in [0.25, 0.3) is 11.2 Å². The van der Waals surface area contributed by atoms with E-state index in [0.29, 0.717) is 23.0 Å². The molecule has 7 heteroatoms. The van der Waals surface area contributed by atoms with Crippen LogP contribution in [0.15, 0.2) is 9.59 Å². The van der Waals surface area contributed by atoms with Gasteiger partial charge in [-0.15, -0.1) is 0 Å². The standard InChI is InChI=1S/C17H27N5O2/c1-11(2)7-9-22-13-14(20(4)17(24)19-15(13)23)18-16(22)21-8-5-6-12(3)10-21/h11-12H,5-10H2,1-4H3,(H,19,23,24). The van der Waals surface area contributed by atoms with E-state index in [9.17, 15) is 9.59 Å². The van der Waals surface area contributed by atoms with Gasteiger partial charge in [0.05, 0.1) is 0 Å². The molecule has 1 unspecified atom stereocenters. The maximum absolute atomic E-state index is 12.4. The number of hydrogen-bond donors (Lipinski definition) is 1. The molecule has 0 bridgehead atoms. The molecule has 2 aromatic heterocycles. The van der Waals surface area contributed by atoms with Gasteiger partial charge < -0.3 is 9.47 Å². The normalized spacial score (nSPS) is 18.7. The minimum atomic E-state index is -0.417. The van der Waals surface area contributed by atoms with Gasteiger partial charge in [0.25, 0.3) is 5.56 Å². The lowest BCUT2D eigenvalue weighted by Gasteiger charge is -2.32. The lowest BCUT2D eigenvalue weighted by atomic mass is 10.0. The summed E-state index contributed by atoms with van der Waals surface area (Å²) in [7, 11) is 1.66. The predicted molar refractivity (Wildman–Crippen MR) is 95.7 cm³/mol. The van der Waals surface area contributed by atoms with E-state index in [1.54, 1.807) is 7.05 Å². The van der Waals surface area contributed by atoms with Gasteiger partial charge in [-0.2, -0.15) is 4.98 Å². The van der Waals surface area contributed by atoms with Crippen LogP contribution in [0.5, 0.6) is 0 Å². The number of aryl methyl sites for hydroxylation is 2. The zero-order valence-corrected chi connectivity index (χ0v) is 15.0. The number of nitrogens with zero attached hydrogens (tertiary/aromatic N) is 4. The number of hydrogen-bond acceptors (Lipinski definition) is 4. The lowest BCUT2D eigenvalue weighted by molar-refractivity contribution is 0.434. The number of aromatic amines is 1. The van der Waals surface area contributed by atoms with E-state index in [2.05, 4.69) is 30.7 Å². The first-order valence-electron chi connectivity index (χ1n) is 8.83. The van der Waals surface area contributed by atoms with Crippen LogP contribution in [-0.2, 0) is 13.6 Å². The first-order valence-corrected chi connectivity index (χ1v) is 8.83. The smallest absolute Gasteiger partial charge is 0.329 e. The molecule has 1 N–H and O–H groups in total. The molecule has 1 atom stereocenters. The van der Waals surface area contributed by atoms with Crippen LogP contribution in [0.4, 0.5) is 5.95 Å². The van der Waals surface area contributed by atoms with Gasteiger partial charge in [-0.05, 0) is 31.1 Å². The molecule has 1 aliphatic rings. The second-order valence-electron chi connectivity index (χ2n) is 7.43. The van der Waals surface area contributed by atoms with Crippen LogP contribution in [0.3, 0.4) is 0 Å². The van der Waals surface area contributed by atoms with Crippen LogP contribution >= 0.6 is 0 Å². The van der Waals surface area contributed by atoms with E-state index in [1.807, 2.05) is 4.57 Å². The molecule has 0 aromatic carbocycles. The molecule has 3 rings (SSSR count). The number of fused-ring (bicyclic) bond motifs is 1. The molecule has 0 amide bonds. The Hall–Kier alpha value is -2.05. The summed E-state index contributed by atoms with van der Waals surface area (Å²) >= 11 is 0.